The third-order valence-corrected chi connectivity index (χ3v) is 6.24. The van der Waals surface area contributed by atoms with Crippen LogP contribution in [0.25, 0.3) is 44.5 Å². The van der Waals surface area contributed by atoms with Crippen molar-refractivity contribution in [2.75, 3.05) is 5.73 Å². The Bertz CT molecular complexity index is 1480. The number of hydrogen-bond acceptors (Lipinski definition) is 4. The predicted octanol–water partition coefficient (Wildman–Crippen LogP) is 6.36. The zero-order valence-corrected chi connectivity index (χ0v) is 18.0. The van der Waals surface area contributed by atoms with Gasteiger partial charge in [0.1, 0.15) is 0 Å². The Hall–Kier alpha value is -3.76. The zero-order chi connectivity index (χ0) is 21.7. The van der Waals surface area contributed by atoms with Crippen LogP contribution in [-0.4, -0.2) is 15.0 Å². The van der Waals surface area contributed by atoms with Crippen LogP contribution in [0, 0.1) is 0 Å². The first-order valence-electron chi connectivity index (χ1n) is 10.6. The van der Waals surface area contributed by atoms with Crippen molar-refractivity contribution in [1.82, 2.24) is 15.0 Å². The summed E-state index contributed by atoms with van der Waals surface area (Å²) in [6.45, 7) is 0. The normalized spacial score (nSPS) is 12.4. The second kappa shape index (κ2) is 7.43. The Balaban J connectivity index is 1.74. The van der Waals surface area contributed by atoms with Crippen LogP contribution < -0.4 is 5.73 Å². The lowest BCUT2D eigenvalue weighted by molar-refractivity contribution is 0.886. The maximum atomic E-state index is 6.42. The van der Waals surface area contributed by atoms with E-state index in [2.05, 4.69) is 29.2 Å². The van der Waals surface area contributed by atoms with E-state index in [9.17, 15) is 0 Å². The molecule has 1 aliphatic carbocycles. The molecule has 2 N–H and O–H groups in total. The molecule has 0 unspecified atom stereocenters. The van der Waals surface area contributed by atoms with Crippen molar-refractivity contribution in [3.05, 3.63) is 95.1 Å². The molecule has 2 aromatic heterocycles. The molecule has 4 nitrogen and oxygen atoms in total. The molecule has 0 spiro atoms. The fourth-order valence-electron chi connectivity index (χ4n) is 4.65. The number of anilines is 1. The van der Waals surface area contributed by atoms with Gasteiger partial charge in [0.25, 0.3) is 0 Å². The van der Waals surface area contributed by atoms with Crippen LogP contribution in [0.5, 0.6) is 0 Å². The number of aryl methyl sites for hydroxylation is 1. The van der Waals surface area contributed by atoms with E-state index in [1.165, 1.54) is 0 Å². The third-order valence-electron chi connectivity index (χ3n) is 6.00. The largest absolute Gasteiger partial charge is 0.368 e. The number of rotatable bonds is 2. The molecule has 0 radical (unpaired) electrons. The molecule has 0 saturated carbocycles. The molecule has 0 bridgehead atoms. The molecule has 5 heteroatoms. The Kier molecular flexibility index (Phi) is 4.40. The summed E-state index contributed by atoms with van der Waals surface area (Å²) in [7, 11) is 0. The average Bonchev–Trinajstić information content (AvgIpc) is 2.83. The predicted molar refractivity (Wildman–Crippen MR) is 130 cm³/mol. The Morgan fingerprint density at radius 2 is 1.38 bits per heavy atom. The molecule has 5 aromatic rings. The van der Waals surface area contributed by atoms with Crippen molar-refractivity contribution < 1.29 is 0 Å². The van der Waals surface area contributed by atoms with Gasteiger partial charge in [-0.15, -0.1) is 0 Å². The lowest BCUT2D eigenvalue weighted by Gasteiger charge is -2.25. The van der Waals surface area contributed by atoms with Gasteiger partial charge >= 0.3 is 0 Å². The maximum absolute atomic E-state index is 6.42. The fourth-order valence-corrected chi connectivity index (χ4v) is 4.82. The van der Waals surface area contributed by atoms with E-state index < -0.39 is 0 Å². The lowest BCUT2D eigenvalue weighted by atomic mass is 9.84. The van der Waals surface area contributed by atoms with Gasteiger partial charge in [-0.05, 0) is 36.6 Å². The number of hydrogen-bond donors (Lipinski definition) is 1. The second-order valence-electron chi connectivity index (χ2n) is 7.96. The topological polar surface area (TPSA) is 64.7 Å². The van der Waals surface area contributed by atoms with Gasteiger partial charge in [0.05, 0.1) is 22.6 Å². The van der Waals surface area contributed by atoms with Crippen LogP contribution in [0.1, 0.15) is 11.3 Å². The van der Waals surface area contributed by atoms with Gasteiger partial charge in [0, 0.05) is 32.7 Å². The lowest BCUT2D eigenvalue weighted by Crippen LogP contribution is -2.14. The SMILES string of the molecule is Nc1nc(-c2ccccc2)c2c(n1)-c1c(nc3ccc(Cl)cc3c1-c1ccccc1)CC2. The highest BCUT2D eigenvalue weighted by Gasteiger charge is 2.28. The first-order chi connectivity index (χ1) is 15.7. The molecule has 2 heterocycles. The van der Waals surface area contributed by atoms with E-state index in [4.69, 9.17) is 27.3 Å². The van der Waals surface area contributed by atoms with E-state index >= 15 is 0 Å². The van der Waals surface area contributed by atoms with Crippen LogP contribution in [0.15, 0.2) is 78.9 Å². The van der Waals surface area contributed by atoms with E-state index in [-0.39, 0.29) is 5.95 Å². The van der Waals surface area contributed by atoms with Crippen molar-refractivity contribution in [3.8, 4) is 33.6 Å². The smallest absolute Gasteiger partial charge is 0.221 e. The zero-order valence-electron chi connectivity index (χ0n) is 17.2. The molecule has 32 heavy (non-hydrogen) atoms. The number of benzene rings is 3. The molecule has 0 atom stereocenters. The minimum absolute atomic E-state index is 0.264. The summed E-state index contributed by atoms with van der Waals surface area (Å²) in [5.41, 5.74) is 15.3. The molecule has 0 aliphatic heterocycles. The van der Waals surface area contributed by atoms with Crippen molar-refractivity contribution in [1.29, 1.82) is 0 Å². The molecule has 0 fully saturated rings. The number of nitrogens with two attached hydrogens (primary N) is 1. The summed E-state index contributed by atoms with van der Waals surface area (Å²) in [6, 6.07) is 26.4. The van der Waals surface area contributed by atoms with Crippen molar-refractivity contribution in [2.45, 2.75) is 12.8 Å². The molecule has 1 aliphatic rings. The first kappa shape index (κ1) is 19.0. The molecule has 154 valence electrons. The van der Waals surface area contributed by atoms with Crippen LogP contribution in [-0.2, 0) is 12.8 Å². The maximum Gasteiger partial charge on any atom is 0.221 e. The standard InChI is InChI=1S/C27H19ClN4/c28-18-11-13-21-20(15-18)23(16-7-3-1-4-8-16)24-22(30-21)14-12-19-25(17-9-5-2-6-10-17)31-27(29)32-26(19)24/h1-11,13,15H,12,14H2,(H2,29,31,32). The van der Waals surface area contributed by atoms with E-state index in [0.717, 1.165) is 68.6 Å². The number of aromatic nitrogens is 3. The number of pyridine rings is 1. The number of nitrogen functional groups attached to an aromatic ring is 1. The first-order valence-corrected chi connectivity index (χ1v) is 11.0. The molecule has 0 saturated heterocycles. The van der Waals surface area contributed by atoms with Gasteiger partial charge < -0.3 is 5.73 Å². The van der Waals surface area contributed by atoms with Crippen molar-refractivity contribution in [2.24, 2.45) is 0 Å². The number of halogens is 1. The van der Waals surface area contributed by atoms with Crippen molar-refractivity contribution >= 4 is 28.5 Å². The molecule has 6 rings (SSSR count). The van der Waals surface area contributed by atoms with Crippen LogP contribution >= 0.6 is 11.6 Å². The minimum atomic E-state index is 0.264. The van der Waals surface area contributed by atoms with Gasteiger partial charge in [0.15, 0.2) is 0 Å². The van der Waals surface area contributed by atoms with Crippen LogP contribution in [0.4, 0.5) is 5.95 Å². The van der Waals surface area contributed by atoms with Gasteiger partial charge in [-0.3, -0.25) is 4.98 Å². The summed E-state index contributed by atoms with van der Waals surface area (Å²) in [5, 5.41) is 1.69. The second-order valence-corrected chi connectivity index (χ2v) is 8.40. The van der Waals surface area contributed by atoms with E-state index in [0.29, 0.717) is 5.02 Å². The highest BCUT2D eigenvalue weighted by molar-refractivity contribution is 6.31. The van der Waals surface area contributed by atoms with Gasteiger partial charge in [-0.25, -0.2) is 9.97 Å². The molecular weight excluding hydrogens is 416 g/mol. The molecule has 0 amide bonds. The molecular formula is C27H19ClN4. The van der Waals surface area contributed by atoms with Crippen molar-refractivity contribution in [3.63, 3.8) is 0 Å². The average molecular weight is 435 g/mol. The Morgan fingerprint density at radius 1 is 0.688 bits per heavy atom. The minimum Gasteiger partial charge on any atom is -0.368 e. The summed E-state index contributed by atoms with van der Waals surface area (Å²) in [6.07, 6.45) is 1.63. The van der Waals surface area contributed by atoms with E-state index in [1.54, 1.807) is 0 Å². The van der Waals surface area contributed by atoms with E-state index in [1.807, 2.05) is 54.6 Å². The van der Waals surface area contributed by atoms with Gasteiger partial charge in [-0.2, -0.15) is 0 Å². The third kappa shape index (κ3) is 3.03. The highest BCUT2D eigenvalue weighted by atomic mass is 35.5. The summed E-state index contributed by atoms with van der Waals surface area (Å²) < 4.78 is 0. The van der Waals surface area contributed by atoms with Crippen LogP contribution in [0.2, 0.25) is 5.02 Å². The summed E-state index contributed by atoms with van der Waals surface area (Å²) >= 11 is 6.42. The fraction of sp³-hybridized carbons (Fsp3) is 0.0741. The summed E-state index contributed by atoms with van der Waals surface area (Å²) in [5.74, 6) is 0.264. The highest BCUT2D eigenvalue weighted by Crippen LogP contribution is 2.45. The molecule has 3 aromatic carbocycles. The van der Waals surface area contributed by atoms with Gasteiger partial charge in [-0.1, -0.05) is 72.3 Å². The monoisotopic (exact) mass is 434 g/mol. The summed E-state index contributed by atoms with van der Waals surface area (Å²) in [4.78, 5) is 14.4. The number of fused-ring (bicyclic) bond motifs is 4. The Morgan fingerprint density at radius 3 is 2.12 bits per heavy atom. The van der Waals surface area contributed by atoms with Crippen LogP contribution in [0.3, 0.4) is 0 Å². The van der Waals surface area contributed by atoms with Gasteiger partial charge in [0.2, 0.25) is 5.95 Å². The quantitative estimate of drug-likeness (QED) is 0.351. The number of nitrogens with zero attached hydrogens (tertiary/aromatic N) is 3. The Labute approximate surface area is 190 Å².